The van der Waals surface area contributed by atoms with E-state index in [0.29, 0.717) is 37.4 Å². The molecule has 0 aromatic heterocycles. The summed E-state index contributed by atoms with van der Waals surface area (Å²) in [7, 11) is -3.28. The number of piperidine rings is 1. The van der Waals surface area contributed by atoms with Crippen LogP contribution in [-0.2, 0) is 10.2 Å². The van der Waals surface area contributed by atoms with Crippen LogP contribution in [0.2, 0.25) is 0 Å². The molecule has 2 atom stereocenters. The summed E-state index contributed by atoms with van der Waals surface area (Å²) in [5.74, 6) is 1.36. The van der Waals surface area contributed by atoms with Crippen LogP contribution < -0.4 is 4.72 Å². The third-order valence-electron chi connectivity index (χ3n) is 3.88. The molecule has 0 aromatic rings. The molecule has 0 radical (unpaired) electrons. The molecule has 0 aliphatic carbocycles. The molecule has 0 aromatic carbocycles. The van der Waals surface area contributed by atoms with Crippen molar-refractivity contribution in [3.63, 3.8) is 0 Å². The van der Waals surface area contributed by atoms with E-state index in [1.807, 2.05) is 0 Å². The standard InChI is InChI=1S/C13H28N2O2S/c1-5-13(6-2)8-14-18(16,17)15-9-11(3)7-12(4)10-15/h11-14H,5-10H2,1-4H3. The van der Waals surface area contributed by atoms with Crippen LogP contribution in [0.5, 0.6) is 0 Å². The zero-order valence-corrected chi connectivity index (χ0v) is 13.0. The summed E-state index contributed by atoms with van der Waals surface area (Å²) in [4.78, 5) is 0. The lowest BCUT2D eigenvalue weighted by molar-refractivity contribution is 0.220. The number of hydrogen-bond acceptors (Lipinski definition) is 2. The lowest BCUT2D eigenvalue weighted by Gasteiger charge is -2.34. The maximum Gasteiger partial charge on any atom is 0.279 e. The zero-order chi connectivity index (χ0) is 13.8. The third kappa shape index (κ3) is 4.52. The van der Waals surface area contributed by atoms with Gasteiger partial charge in [0, 0.05) is 19.6 Å². The number of hydrogen-bond donors (Lipinski definition) is 1. The van der Waals surface area contributed by atoms with Crippen molar-refractivity contribution >= 4 is 10.2 Å². The van der Waals surface area contributed by atoms with Crippen molar-refractivity contribution in [3.05, 3.63) is 0 Å². The molecule has 18 heavy (non-hydrogen) atoms. The average Bonchev–Trinajstić information content (AvgIpc) is 2.29. The largest absolute Gasteiger partial charge is 0.279 e. The Hall–Kier alpha value is -0.130. The fourth-order valence-electron chi connectivity index (χ4n) is 2.69. The van der Waals surface area contributed by atoms with Gasteiger partial charge >= 0.3 is 0 Å². The molecule has 1 aliphatic rings. The molecule has 1 heterocycles. The Morgan fingerprint density at radius 3 is 2.11 bits per heavy atom. The van der Waals surface area contributed by atoms with Crippen molar-refractivity contribution in [2.45, 2.75) is 47.0 Å². The number of rotatable bonds is 6. The zero-order valence-electron chi connectivity index (χ0n) is 12.1. The van der Waals surface area contributed by atoms with Crippen molar-refractivity contribution in [2.24, 2.45) is 17.8 Å². The van der Waals surface area contributed by atoms with Crippen LogP contribution in [0.4, 0.5) is 0 Å². The molecule has 4 nitrogen and oxygen atoms in total. The van der Waals surface area contributed by atoms with Crippen molar-refractivity contribution in [1.29, 1.82) is 0 Å². The van der Waals surface area contributed by atoms with Crippen LogP contribution in [0.3, 0.4) is 0 Å². The molecule has 0 saturated carbocycles. The second kappa shape index (κ2) is 6.87. The van der Waals surface area contributed by atoms with E-state index in [9.17, 15) is 8.42 Å². The van der Waals surface area contributed by atoms with Gasteiger partial charge in [0.1, 0.15) is 0 Å². The highest BCUT2D eigenvalue weighted by molar-refractivity contribution is 7.87. The van der Waals surface area contributed by atoms with Crippen molar-refractivity contribution in [3.8, 4) is 0 Å². The summed E-state index contributed by atoms with van der Waals surface area (Å²) in [6.45, 7) is 10.3. The molecule has 5 heteroatoms. The lowest BCUT2D eigenvalue weighted by Crippen LogP contribution is -2.48. The van der Waals surface area contributed by atoms with Crippen LogP contribution in [0.25, 0.3) is 0 Å². The van der Waals surface area contributed by atoms with E-state index >= 15 is 0 Å². The van der Waals surface area contributed by atoms with E-state index in [-0.39, 0.29) is 0 Å². The summed E-state index contributed by atoms with van der Waals surface area (Å²) in [6.07, 6.45) is 3.16. The van der Waals surface area contributed by atoms with Gasteiger partial charge in [-0.3, -0.25) is 0 Å². The molecule has 0 spiro atoms. The number of nitrogens with zero attached hydrogens (tertiary/aromatic N) is 1. The third-order valence-corrected chi connectivity index (χ3v) is 5.39. The smallest absolute Gasteiger partial charge is 0.202 e. The summed E-state index contributed by atoms with van der Waals surface area (Å²) in [6, 6.07) is 0. The average molecular weight is 276 g/mol. The van der Waals surface area contributed by atoms with E-state index in [0.717, 1.165) is 19.3 Å². The first kappa shape index (κ1) is 15.9. The molecular formula is C13H28N2O2S. The van der Waals surface area contributed by atoms with Crippen LogP contribution >= 0.6 is 0 Å². The fraction of sp³-hybridized carbons (Fsp3) is 1.00. The first-order valence-corrected chi connectivity index (χ1v) is 8.57. The quantitative estimate of drug-likeness (QED) is 0.809. The molecule has 1 rings (SSSR count). The van der Waals surface area contributed by atoms with Gasteiger partial charge in [0.2, 0.25) is 0 Å². The minimum absolute atomic E-state index is 0.444. The van der Waals surface area contributed by atoms with Gasteiger partial charge in [0.25, 0.3) is 10.2 Å². The van der Waals surface area contributed by atoms with Gasteiger partial charge < -0.3 is 0 Å². The van der Waals surface area contributed by atoms with Crippen LogP contribution in [0.15, 0.2) is 0 Å². The number of nitrogens with one attached hydrogen (secondary N) is 1. The highest BCUT2D eigenvalue weighted by Crippen LogP contribution is 2.22. The molecule has 1 fully saturated rings. The van der Waals surface area contributed by atoms with E-state index in [1.54, 1.807) is 4.31 Å². The SMILES string of the molecule is CCC(CC)CNS(=O)(=O)N1CC(C)CC(C)C1. The van der Waals surface area contributed by atoms with E-state index in [1.165, 1.54) is 0 Å². The van der Waals surface area contributed by atoms with Gasteiger partial charge in [-0.25, -0.2) is 4.72 Å². The van der Waals surface area contributed by atoms with E-state index < -0.39 is 10.2 Å². The fourth-order valence-corrected chi connectivity index (χ4v) is 4.22. The van der Waals surface area contributed by atoms with E-state index in [2.05, 4.69) is 32.4 Å². The minimum atomic E-state index is -3.28. The Bertz CT molecular complexity index is 329. The Labute approximate surface area is 112 Å². The molecule has 1 aliphatic heterocycles. The summed E-state index contributed by atoms with van der Waals surface area (Å²) >= 11 is 0. The lowest BCUT2D eigenvalue weighted by atomic mass is 9.94. The minimum Gasteiger partial charge on any atom is -0.202 e. The Morgan fingerprint density at radius 1 is 1.17 bits per heavy atom. The topological polar surface area (TPSA) is 49.4 Å². The van der Waals surface area contributed by atoms with E-state index in [4.69, 9.17) is 0 Å². The molecule has 108 valence electrons. The van der Waals surface area contributed by atoms with Gasteiger partial charge in [0.15, 0.2) is 0 Å². The van der Waals surface area contributed by atoms with Gasteiger partial charge in [-0.05, 0) is 24.2 Å². The second-order valence-electron chi connectivity index (χ2n) is 5.80. The molecule has 1 N–H and O–H groups in total. The van der Waals surface area contributed by atoms with Crippen LogP contribution in [0, 0.1) is 17.8 Å². The highest BCUT2D eigenvalue weighted by Gasteiger charge is 2.30. The first-order chi connectivity index (χ1) is 8.39. The second-order valence-corrected chi connectivity index (χ2v) is 7.55. The summed E-state index contributed by atoms with van der Waals surface area (Å²) in [5, 5.41) is 0. The molecule has 2 unspecified atom stereocenters. The van der Waals surface area contributed by atoms with Gasteiger partial charge in [0.05, 0.1) is 0 Å². The maximum atomic E-state index is 12.2. The highest BCUT2D eigenvalue weighted by atomic mass is 32.2. The Balaban J connectivity index is 2.57. The molecular weight excluding hydrogens is 248 g/mol. The van der Waals surface area contributed by atoms with Crippen LogP contribution in [-0.4, -0.2) is 32.4 Å². The van der Waals surface area contributed by atoms with Crippen molar-refractivity contribution < 1.29 is 8.42 Å². The Kier molecular flexibility index (Phi) is 6.08. The first-order valence-electron chi connectivity index (χ1n) is 7.13. The van der Waals surface area contributed by atoms with Crippen molar-refractivity contribution in [2.75, 3.05) is 19.6 Å². The van der Waals surface area contributed by atoms with Gasteiger partial charge in [-0.2, -0.15) is 12.7 Å². The molecule has 0 bridgehead atoms. The maximum absolute atomic E-state index is 12.2. The summed E-state index contributed by atoms with van der Waals surface area (Å²) in [5.41, 5.74) is 0. The normalized spacial score (nSPS) is 26.7. The monoisotopic (exact) mass is 276 g/mol. The van der Waals surface area contributed by atoms with Gasteiger partial charge in [-0.1, -0.05) is 40.5 Å². The Morgan fingerprint density at radius 2 is 1.67 bits per heavy atom. The molecule has 0 amide bonds. The summed E-state index contributed by atoms with van der Waals surface area (Å²) < 4.78 is 28.8. The predicted octanol–water partition coefficient (Wildman–Crippen LogP) is 2.23. The van der Waals surface area contributed by atoms with Crippen molar-refractivity contribution in [1.82, 2.24) is 9.03 Å². The van der Waals surface area contributed by atoms with Crippen LogP contribution in [0.1, 0.15) is 47.0 Å². The predicted molar refractivity (Wildman–Crippen MR) is 75.5 cm³/mol. The van der Waals surface area contributed by atoms with Gasteiger partial charge in [-0.15, -0.1) is 0 Å². The molecule has 1 saturated heterocycles.